The van der Waals surface area contributed by atoms with Crippen molar-refractivity contribution in [1.29, 1.82) is 0 Å². The van der Waals surface area contributed by atoms with E-state index in [2.05, 4.69) is 168 Å². The van der Waals surface area contributed by atoms with E-state index in [-0.39, 0.29) is 0 Å². The van der Waals surface area contributed by atoms with E-state index in [1.165, 1.54) is 59.2 Å². The molecule has 0 unspecified atom stereocenters. The molecular weight excluding hydrogens is 590 g/mol. The summed E-state index contributed by atoms with van der Waals surface area (Å²) in [6.45, 7) is 0. The van der Waals surface area contributed by atoms with Crippen molar-refractivity contribution < 1.29 is 5.76 Å². The monoisotopic (exact) mass is 619 g/mol. The van der Waals surface area contributed by atoms with Crippen LogP contribution in [0.5, 0.6) is 0 Å². The minimum Gasteiger partial charge on any atom is -0.255 e. The van der Waals surface area contributed by atoms with E-state index in [1.54, 1.807) is 0 Å². The number of hydrogen-bond acceptors (Lipinski definition) is 0. The van der Waals surface area contributed by atoms with E-state index in [4.69, 9.17) is 1.37 Å². The number of rotatable bonds is 1. The van der Waals surface area contributed by atoms with E-state index in [1.807, 2.05) is 6.07 Å². The summed E-state index contributed by atoms with van der Waals surface area (Å²) in [5.74, 6) is 0. The molecular formula is C37H28FI. The first-order chi connectivity index (χ1) is 19.7. The lowest BCUT2D eigenvalue weighted by Gasteiger charge is -2.22. The lowest BCUT2D eigenvalue weighted by Crippen LogP contribution is -1.96. The van der Waals surface area contributed by atoms with Crippen LogP contribution in [0.25, 0.3) is 55.6 Å². The van der Waals surface area contributed by atoms with Gasteiger partial charge in [0.15, 0.2) is 0 Å². The van der Waals surface area contributed by atoms with E-state index in [0.29, 0.717) is 0 Å². The first-order valence-electron chi connectivity index (χ1n) is 13.5. The van der Waals surface area contributed by atoms with Gasteiger partial charge in [-0.3, -0.25) is 4.39 Å². The molecule has 0 aromatic heterocycles. The highest BCUT2D eigenvalue weighted by atomic mass is 127. The van der Waals surface area contributed by atoms with Crippen LogP contribution in [0, 0.1) is 3.57 Å². The molecule has 2 heteroatoms. The van der Waals surface area contributed by atoms with Crippen LogP contribution in [-0.2, 0) is 0 Å². The molecule has 0 nitrogen and oxygen atoms in total. The molecule has 0 heterocycles. The van der Waals surface area contributed by atoms with Gasteiger partial charge in [0.25, 0.3) is 0 Å². The van der Waals surface area contributed by atoms with Crippen molar-refractivity contribution in [2.75, 3.05) is 7.15 Å². The molecule has 39 heavy (non-hydrogen) atoms. The topological polar surface area (TPSA) is 0 Å². The van der Waals surface area contributed by atoms with Crippen molar-refractivity contribution in [3.63, 3.8) is 0 Å². The van der Waals surface area contributed by atoms with Gasteiger partial charge in [-0.15, -0.1) is 0 Å². The van der Waals surface area contributed by atoms with Gasteiger partial charge in [-0.05, 0) is 84.3 Å². The van der Waals surface area contributed by atoms with Crippen LogP contribution < -0.4 is 0 Å². The van der Waals surface area contributed by atoms with Gasteiger partial charge < -0.3 is 0 Å². The molecule has 1 aliphatic rings. The fourth-order valence-electron chi connectivity index (χ4n) is 5.12. The normalized spacial score (nSPS) is 10.8. The third-order valence-electron chi connectivity index (χ3n) is 6.83. The molecule has 0 N–H and O–H groups in total. The Morgan fingerprint density at radius 3 is 0.897 bits per heavy atom. The molecule has 190 valence electrons. The van der Waals surface area contributed by atoms with Crippen molar-refractivity contribution in [3.8, 4) is 55.6 Å². The molecule has 0 aliphatic heterocycles. The Morgan fingerprint density at radius 1 is 0.385 bits per heavy atom. The van der Waals surface area contributed by atoms with Gasteiger partial charge in [-0.2, -0.15) is 0 Å². The smallest absolute Gasteiger partial charge is 0.0785 e. The Labute approximate surface area is 245 Å². The zero-order valence-electron chi connectivity index (χ0n) is 22.4. The Hall–Kier alpha value is -4.02. The summed E-state index contributed by atoms with van der Waals surface area (Å²) < 4.78 is 16.8. The molecule has 0 spiro atoms. The number of halogens is 2. The van der Waals surface area contributed by atoms with Crippen LogP contribution in [0.2, 0.25) is 0 Å². The second-order valence-corrected chi connectivity index (χ2v) is 10.2. The fourth-order valence-corrected chi connectivity index (χ4v) is 5.82. The van der Waals surface area contributed by atoms with Crippen molar-refractivity contribution in [2.45, 2.75) is 0 Å². The summed E-state index contributed by atoms with van der Waals surface area (Å²) in [6.07, 6.45) is 0. The van der Waals surface area contributed by atoms with Crippen molar-refractivity contribution in [1.82, 2.24) is 0 Å². The summed E-state index contributed by atoms with van der Waals surface area (Å²) in [5.41, 5.74) is 13.0. The molecule has 0 saturated heterocycles. The lowest BCUT2D eigenvalue weighted by atomic mass is 9.81. The summed E-state index contributed by atoms with van der Waals surface area (Å²) in [4.78, 5) is 0. The van der Waals surface area contributed by atoms with Crippen LogP contribution in [0.3, 0.4) is 0 Å². The Balaban J connectivity index is 0.000000170. The van der Waals surface area contributed by atoms with Crippen molar-refractivity contribution in [3.05, 3.63) is 155 Å². The SMILES string of the molecule is Ic1ccccc1-c1ccccc1.[2H]CF.c1ccc2c(c1)-c1ccccc1-c1ccccc1-c1ccccc1-2. The average molecular weight is 620 g/mol. The van der Waals surface area contributed by atoms with E-state index in [0.717, 1.165) is 0 Å². The number of fused-ring (bicyclic) bond motifs is 8. The largest absolute Gasteiger partial charge is 0.255 e. The quantitative estimate of drug-likeness (QED) is 0.160. The highest BCUT2D eigenvalue weighted by Crippen LogP contribution is 2.47. The molecule has 0 atom stereocenters. The van der Waals surface area contributed by atoms with Gasteiger partial charge in [0.05, 0.1) is 8.52 Å². The van der Waals surface area contributed by atoms with Gasteiger partial charge in [-0.1, -0.05) is 146 Å². The third-order valence-corrected chi connectivity index (χ3v) is 7.77. The summed E-state index contributed by atoms with van der Waals surface area (Å²) >= 11 is 2.36. The Kier molecular flexibility index (Phi) is 8.22. The van der Waals surface area contributed by atoms with E-state index < -0.39 is 7.15 Å². The molecule has 0 radical (unpaired) electrons. The predicted octanol–water partition coefficient (Wildman–Crippen LogP) is 11.2. The molecule has 0 fully saturated rings. The predicted molar refractivity (Wildman–Crippen MR) is 173 cm³/mol. The highest BCUT2D eigenvalue weighted by Gasteiger charge is 2.20. The lowest BCUT2D eigenvalue weighted by molar-refractivity contribution is 0.636. The van der Waals surface area contributed by atoms with Crippen LogP contribution in [0.15, 0.2) is 152 Å². The van der Waals surface area contributed by atoms with E-state index >= 15 is 0 Å². The van der Waals surface area contributed by atoms with Gasteiger partial charge in [0.1, 0.15) is 0 Å². The van der Waals surface area contributed by atoms with Crippen LogP contribution in [-0.4, -0.2) is 7.15 Å². The molecule has 0 saturated carbocycles. The molecule has 6 aromatic carbocycles. The average Bonchev–Trinajstić information content (AvgIpc) is 3.02. The maximum absolute atomic E-state index is 9.96. The Bertz CT molecular complexity index is 1420. The van der Waals surface area contributed by atoms with Gasteiger partial charge in [0.2, 0.25) is 0 Å². The summed E-state index contributed by atoms with van der Waals surface area (Å²) in [6, 6.07) is 53.8. The minimum atomic E-state index is -1.00. The summed E-state index contributed by atoms with van der Waals surface area (Å²) in [5, 5.41) is 0. The van der Waals surface area contributed by atoms with Gasteiger partial charge in [0, 0.05) is 3.57 Å². The van der Waals surface area contributed by atoms with Crippen molar-refractivity contribution >= 4 is 22.6 Å². The van der Waals surface area contributed by atoms with Crippen LogP contribution in [0.4, 0.5) is 4.39 Å². The zero-order chi connectivity index (χ0) is 27.7. The van der Waals surface area contributed by atoms with Gasteiger partial charge >= 0.3 is 0 Å². The minimum absolute atomic E-state index is 1.00. The van der Waals surface area contributed by atoms with Gasteiger partial charge in [-0.25, -0.2) is 0 Å². The highest BCUT2D eigenvalue weighted by molar-refractivity contribution is 14.1. The Morgan fingerprint density at radius 2 is 0.615 bits per heavy atom. The summed E-state index contributed by atoms with van der Waals surface area (Å²) in [7, 11) is -1.00. The maximum Gasteiger partial charge on any atom is 0.0785 e. The molecule has 0 bridgehead atoms. The molecule has 1 aliphatic carbocycles. The third kappa shape index (κ3) is 5.57. The second kappa shape index (κ2) is 12.7. The standard InChI is InChI=1S/C24H16.C12H9I.CH3F/c1-2-10-18-17(9-1)19-11-3-4-13-21(19)23-15-7-8-16-24(23)22-14-6-5-12-20(18)22;13-12-9-5-4-8-11(12)10-6-2-1-3-7-10;1-2/h1-16H;1-9H;1H3/i;;1D. The fraction of sp³-hybridized carbons (Fsp3) is 0.0270. The first kappa shape index (κ1) is 25.3. The second-order valence-electron chi connectivity index (χ2n) is 9.03. The first-order valence-corrected chi connectivity index (χ1v) is 13.8. The van der Waals surface area contributed by atoms with Crippen molar-refractivity contribution in [2.24, 2.45) is 0 Å². The molecule has 7 rings (SSSR count). The molecule has 6 aromatic rings. The zero-order valence-corrected chi connectivity index (χ0v) is 23.6. The molecule has 0 amide bonds. The van der Waals surface area contributed by atoms with Crippen LogP contribution in [0.1, 0.15) is 1.37 Å². The maximum atomic E-state index is 9.96. The van der Waals surface area contributed by atoms with E-state index in [9.17, 15) is 4.39 Å². The number of hydrogen-bond donors (Lipinski definition) is 0. The number of benzene rings is 6. The van der Waals surface area contributed by atoms with Crippen LogP contribution >= 0.6 is 22.6 Å². The number of alkyl halides is 1.